The van der Waals surface area contributed by atoms with E-state index in [1.54, 1.807) is 6.92 Å². The second-order valence-electron chi connectivity index (χ2n) is 6.38. The Bertz CT molecular complexity index is 322. The predicted octanol–water partition coefficient (Wildman–Crippen LogP) is 3.69. The van der Waals surface area contributed by atoms with Gasteiger partial charge in [0.1, 0.15) is 6.04 Å². The molecule has 0 fully saturated rings. The third-order valence-electron chi connectivity index (χ3n) is 4.11. The summed E-state index contributed by atoms with van der Waals surface area (Å²) in [7, 11) is 0. The lowest BCUT2D eigenvalue weighted by molar-refractivity contribution is -0.147. The van der Waals surface area contributed by atoms with Gasteiger partial charge in [-0.05, 0) is 32.7 Å². The van der Waals surface area contributed by atoms with Crippen molar-refractivity contribution in [2.24, 2.45) is 5.73 Å². The first kappa shape index (κ1) is 22.9. The maximum absolute atomic E-state index is 12.0. The van der Waals surface area contributed by atoms with Gasteiger partial charge in [0.25, 0.3) is 0 Å². The van der Waals surface area contributed by atoms with Gasteiger partial charge < -0.3 is 15.8 Å². The molecule has 0 bridgehead atoms. The summed E-state index contributed by atoms with van der Waals surface area (Å²) in [5.74, 6) is -0.417. The van der Waals surface area contributed by atoms with Crippen LogP contribution in [-0.4, -0.2) is 31.1 Å². The molecule has 0 saturated carbocycles. The second-order valence-corrected chi connectivity index (χ2v) is 6.38. The monoisotopic (exact) mass is 342 g/mol. The molecule has 5 heteroatoms. The Labute approximate surface area is 148 Å². The summed E-state index contributed by atoms with van der Waals surface area (Å²) < 4.78 is 5.01. The first-order valence-electron chi connectivity index (χ1n) is 9.81. The van der Waals surface area contributed by atoms with Crippen LogP contribution in [0.5, 0.6) is 0 Å². The molecule has 0 heterocycles. The smallest absolute Gasteiger partial charge is 0.328 e. The predicted molar refractivity (Wildman–Crippen MR) is 98.7 cm³/mol. The fourth-order valence-electron chi connectivity index (χ4n) is 2.68. The largest absolute Gasteiger partial charge is 0.464 e. The molecule has 0 saturated heterocycles. The van der Waals surface area contributed by atoms with Crippen molar-refractivity contribution in [2.45, 2.75) is 96.9 Å². The van der Waals surface area contributed by atoms with Gasteiger partial charge in [-0.2, -0.15) is 0 Å². The highest BCUT2D eigenvalue weighted by Crippen LogP contribution is 2.10. The molecule has 0 unspecified atom stereocenters. The molecule has 24 heavy (non-hydrogen) atoms. The van der Waals surface area contributed by atoms with Gasteiger partial charge in [-0.15, -0.1) is 0 Å². The van der Waals surface area contributed by atoms with Crippen molar-refractivity contribution in [3.63, 3.8) is 0 Å². The average Bonchev–Trinajstić information content (AvgIpc) is 2.57. The standard InChI is InChI=1S/C19H38N2O3/c1-3-5-6-7-8-9-10-11-12-15-18(22)21-17(14-13-16-20)19(23)24-4-2/h17H,3-16,20H2,1-2H3,(H,21,22)/t17-/m0/s1. The molecule has 0 radical (unpaired) electrons. The van der Waals surface area contributed by atoms with Gasteiger partial charge in [0.2, 0.25) is 5.91 Å². The first-order valence-corrected chi connectivity index (χ1v) is 9.81. The van der Waals surface area contributed by atoms with E-state index in [0.29, 0.717) is 32.4 Å². The number of hydrogen-bond acceptors (Lipinski definition) is 4. The highest BCUT2D eigenvalue weighted by Gasteiger charge is 2.20. The molecule has 0 aliphatic rings. The summed E-state index contributed by atoms with van der Waals surface area (Å²) in [6, 6.07) is -0.556. The number of carbonyl (C=O) groups excluding carboxylic acids is 2. The number of rotatable bonds is 16. The molecule has 1 amide bonds. The molecule has 142 valence electrons. The lowest BCUT2D eigenvalue weighted by Gasteiger charge is -2.17. The number of nitrogens with two attached hydrogens (primary N) is 1. The minimum atomic E-state index is -0.556. The number of unbranched alkanes of at least 4 members (excludes halogenated alkanes) is 8. The van der Waals surface area contributed by atoms with Crippen LogP contribution in [0.25, 0.3) is 0 Å². The summed E-state index contributed by atoms with van der Waals surface area (Å²) in [4.78, 5) is 23.8. The maximum atomic E-state index is 12.0. The highest BCUT2D eigenvalue weighted by molar-refractivity contribution is 5.84. The fraction of sp³-hybridized carbons (Fsp3) is 0.895. The van der Waals surface area contributed by atoms with E-state index in [9.17, 15) is 9.59 Å². The van der Waals surface area contributed by atoms with Gasteiger partial charge in [0, 0.05) is 6.42 Å². The molecule has 0 aromatic heterocycles. The van der Waals surface area contributed by atoms with Crippen LogP contribution in [0.3, 0.4) is 0 Å². The van der Waals surface area contributed by atoms with Crippen molar-refractivity contribution in [3.05, 3.63) is 0 Å². The normalized spacial score (nSPS) is 12.0. The minimum Gasteiger partial charge on any atom is -0.464 e. The van der Waals surface area contributed by atoms with Gasteiger partial charge in [-0.25, -0.2) is 4.79 Å². The topological polar surface area (TPSA) is 81.4 Å². The number of esters is 1. The number of hydrogen-bond donors (Lipinski definition) is 2. The lowest BCUT2D eigenvalue weighted by atomic mass is 10.1. The third-order valence-corrected chi connectivity index (χ3v) is 4.11. The molecular weight excluding hydrogens is 304 g/mol. The Hall–Kier alpha value is -1.10. The Morgan fingerprint density at radius 1 is 0.917 bits per heavy atom. The van der Waals surface area contributed by atoms with Gasteiger partial charge in [0.15, 0.2) is 0 Å². The maximum Gasteiger partial charge on any atom is 0.328 e. The van der Waals surface area contributed by atoms with Crippen molar-refractivity contribution in [1.82, 2.24) is 5.32 Å². The van der Waals surface area contributed by atoms with Crippen molar-refractivity contribution in [3.8, 4) is 0 Å². The lowest BCUT2D eigenvalue weighted by Crippen LogP contribution is -2.42. The van der Waals surface area contributed by atoms with E-state index in [2.05, 4.69) is 12.2 Å². The van der Waals surface area contributed by atoms with Crippen molar-refractivity contribution < 1.29 is 14.3 Å². The van der Waals surface area contributed by atoms with E-state index in [-0.39, 0.29) is 11.9 Å². The molecule has 0 aliphatic carbocycles. The zero-order valence-corrected chi connectivity index (χ0v) is 15.8. The van der Waals surface area contributed by atoms with E-state index in [1.165, 1.54) is 44.9 Å². The third kappa shape index (κ3) is 13.3. The van der Waals surface area contributed by atoms with Gasteiger partial charge in [-0.3, -0.25) is 4.79 Å². The van der Waals surface area contributed by atoms with Crippen LogP contribution in [0.15, 0.2) is 0 Å². The van der Waals surface area contributed by atoms with E-state index in [1.807, 2.05) is 0 Å². The van der Waals surface area contributed by atoms with Crippen LogP contribution in [0.2, 0.25) is 0 Å². The quantitative estimate of drug-likeness (QED) is 0.331. The van der Waals surface area contributed by atoms with E-state index < -0.39 is 6.04 Å². The fourth-order valence-corrected chi connectivity index (χ4v) is 2.68. The van der Waals surface area contributed by atoms with Crippen LogP contribution in [0.1, 0.15) is 90.9 Å². The SMILES string of the molecule is CCCCCCCCCCCC(=O)N[C@@H](CCCN)C(=O)OCC. The summed E-state index contributed by atoms with van der Waals surface area (Å²) in [6.45, 7) is 4.83. The summed E-state index contributed by atoms with van der Waals surface area (Å²) >= 11 is 0. The number of ether oxygens (including phenoxy) is 1. The number of nitrogens with one attached hydrogen (secondary N) is 1. The summed E-state index contributed by atoms with van der Waals surface area (Å²) in [5, 5.41) is 2.79. The van der Waals surface area contributed by atoms with E-state index >= 15 is 0 Å². The molecule has 0 aromatic rings. The molecular formula is C19H38N2O3. The van der Waals surface area contributed by atoms with Crippen molar-refractivity contribution in [1.29, 1.82) is 0 Å². The summed E-state index contributed by atoms with van der Waals surface area (Å²) in [5.41, 5.74) is 5.48. The number of carbonyl (C=O) groups is 2. The van der Waals surface area contributed by atoms with Gasteiger partial charge >= 0.3 is 5.97 Å². The number of amides is 1. The molecule has 0 rings (SSSR count). The highest BCUT2D eigenvalue weighted by atomic mass is 16.5. The Morgan fingerprint density at radius 2 is 1.50 bits per heavy atom. The van der Waals surface area contributed by atoms with Gasteiger partial charge in [-0.1, -0.05) is 58.3 Å². The van der Waals surface area contributed by atoms with Crippen molar-refractivity contribution >= 4 is 11.9 Å². The Morgan fingerprint density at radius 3 is 2.04 bits per heavy atom. The molecule has 0 aromatic carbocycles. The van der Waals surface area contributed by atoms with Crippen LogP contribution >= 0.6 is 0 Å². The van der Waals surface area contributed by atoms with Crippen LogP contribution in [0.4, 0.5) is 0 Å². The van der Waals surface area contributed by atoms with Crippen LogP contribution < -0.4 is 11.1 Å². The van der Waals surface area contributed by atoms with Crippen LogP contribution in [0, 0.1) is 0 Å². The van der Waals surface area contributed by atoms with E-state index in [4.69, 9.17) is 10.5 Å². The van der Waals surface area contributed by atoms with Gasteiger partial charge in [0.05, 0.1) is 6.61 Å². The average molecular weight is 343 g/mol. The molecule has 0 aliphatic heterocycles. The summed E-state index contributed by atoms with van der Waals surface area (Å²) in [6.07, 6.45) is 12.7. The molecule has 3 N–H and O–H groups in total. The van der Waals surface area contributed by atoms with Crippen LogP contribution in [-0.2, 0) is 14.3 Å². The minimum absolute atomic E-state index is 0.0620. The Balaban J connectivity index is 3.77. The zero-order chi connectivity index (χ0) is 18.0. The first-order chi connectivity index (χ1) is 11.7. The van der Waals surface area contributed by atoms with Crippen molar-refractivity contribution in [2.75, 3.05) is 13.2 Å². The zero-order valence-electron chi connectivity index (χ0n) is 15.8. The van der Waals surface area contributed by atoms with E-state index in [0.717, 1.165) is 12.8 Å². The Kier molecular flexibility index (Phi) is 16.0. The molecule has 0 spiro atoms. The molecule has 1 atom stereocenters. The second kappa shape index (κ2) is 16.7. The molecule has 5 nitrogen and oxygen atoms in total.